The first-order valence-corrected chi connectivity index (χ1v) is 9.27. The second kappa shape index (κ2) is 6.92. The molecule has 0 unspecified atom stereocenters. The Morgan fingerprint density at radius 2 is 1.21 bits per heavy atom. The molecule has 0 spiro atoms. The number of benzene rings is 2. The van der Waals surface area contributed by atoms with E-state index in [1.807, 2.05) is 0 Å². The van der Waals surface area contributed by atoms with E-state index in [-0.39, 0.29) is 0 Å². The van der Waals surface area contributed by atoms with Crippen LogP contribution in [0.25, 0.3) is 0 Å². The van der Waals surface area contributed by atoms with Gasteiger partial charge in [0.2, 0.25) is 0 Å². The molecule has 0 atom stereocenters. The average Bonchev–Trinajstić information content (AvgIpc) is 2.39. The highest BCUT2D eigenvalue weighted by Crippen LogP contribution is 2.23. The summed E-state index contributed by atoms with van der Waals surface area (Å²) >= 11 is 4.81. The highest BCUT2D eigenvalue weighted by Gasteiger charge is 2.02. The van der Waals surface area contributed by atoms with Crippen molar-refractivity contribution >= 4 is 56.6 Å². The first-order valence-electron chi connectivity index (χ1n) is 6.22. The Labute approximate surface area is 142 Å². The molecule has 0 saturated heterocycles. The molecule has 0 aliphatic rings. The molecule has 2 aromatic carbocycles. The van der Waals surface area contributed by atoms with Crippen molar-refractivity contribution in [1.29, 1.82) is 0 Å². The number of nitrogens with one attached hydrogen (secondary N) is 1. The average molecular weight is 477 g/mol. The van der Waals surface area contributed by atoms with Crippen molar-refractivity contribution in [2.24, 2.45) is 0 Å². The second-order valence-corrected chi connectivity index (χ2v) is 6.20. The molecule has 0 saturated carbocycles. The molecule has 1 nitrogen and oxygen atoms in total. The Bertz CT molecular complexity index is 527. The van der Waals surface area contributed by atoms with Gasteiger partial charge in [-0.2, -0.15) is 0 Å². The van der Waals surface area contributed by atoms with E-state index in [1.165, 1.54) is 22.3 Å². The molecule has 0 amide bonds. The minimum Gasteiger partial charge on any atom is -0.356 e. The fourth-order valence-corrected chi connectivity index (χ4v) is 3.73. The number of hydrogen-bond acceptors (Lipinski definition) is 1. The number of hydrogen-bond donors (Lipinski definition) is 1. The molecule has 1 N–H and O–H groups in total. The van der Waals surface area contributed by atoms with Crippen molar-refractivity contribution in [3.8, 4) is 0 Å². The van der Waals surface area contributed by atoms with E-state index in [1.54, 1.807) is 0 Å². The topological polar surface area (TPSA) is 12.0 Å². The normalized spacial score (nSPS) is 10.5. The van der Waals surface area contributed by atoms with Crippen molar-refractivity contribution in [3.63, 3.8) is 0 Å². The summed E-state index contributed by atoms with van der Waals surface area (Å²) in [5, 5.41) is 3.48. The summed E-state index contributed by atoms with van der Waals surface area (Å²) in [5.74, 6) is 0. The van der Waals surface area contributed by atoms with Crippen molar-refractivity contribution in [1.82, 2.24) is 0 Å². The molecule has 0 bridgehead atoms. The van der Waals surface area contributed by atoms with Crippen molar-refractivity contribution < 1.29 is 0 Å². The molecule has 3 heteroatoms. The Kier molecular flexibility index (Phi) is 5.50. The third-order valence-electron chi connectivity index (χ3n) is 3.26. The number of aryl methyl sites for hydroxylation is 2. The van der Waals surface area contributed by atoms with Crippen LogP contribution in [-0.4, -0.2) is 0 Å². The van der Waals surface area contributed by atoms with Crippen LogP contribution in [0.2, 0.25) is 0 Å². The van der Waals surface area contributed by atoms with Crippen LogP contribution in [0.4, 0.5) is 11.4 Å². The molecule has 0 aliphatic carbocycles. The van der Waals surface area contributed by atoms with E-state index < -0.39 is 0 Å². The highest BCUT2D eigenvalue weighted by atomic mass is 127. The van der Waals surface area contributed by atoms with Crippen LogP contribution in [-0.2, 0) is 8.86 Å². The van der Waals surface area contributed by atoms with Crippen molar-refractivity contribution in [2.75, 3.05) is 5.32 Å². The zero-order chi connectivity index (χ0) is 13.8. The lowest BCUT2D eigenvalue weighted by atomic mass is 10.1. The standard InChI is InChI=1S/C16H17I2N/c1-11-7-15(5-3-13(11)9-17)19-16-6-4-14(10-18)12(2)8-16/h3-8,19H,9-10H2,1-2H3. The maximum atomic E-state index is 3.48. The summed E-state index contributed by atoms with van der Waals surface area (Å²) in [6.45, 7) is 4.34. The van der Waals surface area contributed by atoms with Gasteiger partial charge in [0.05, 0.1) is 0 Å². The van der Waals surface area contributed by atoms with Crippen LogP contribution >= 0.6 is 45.2 Å². The third kappa shape index (κ3) is 3.84. The van der Waals surface area contributed by atoms with Crippen LogP contribution in [0.15, 0.2) is 36.4 Å². The van der Waals surface area contributed by atoms with Crippen LogP contribution in [0.5, 0.6) is 0 Å². The fourth-order valence-electron chi connectivity index (χ4n) is 2.01. The summed E-state index contributed by atoms with van der Waals surface area (Å²) in [6.07, 6.45) is 0. The van der Waals surface area contributed by atoms with E-state index in [2.05, 4.69) is 101 Å². The summed E-state index contributed by atoms with van der Waals surface area (Å²) in [4.78, 5) is 0. The fraction of sp³-hybridized carbons (Fsp3) is 0.250. The van der Waals surface area contributed by atoms with Gasteiger partial charge in [-0.1, -0.05) is 57.3 Å². The SMILES string of the molecule is Cc1cc(Nc2ccc(CI)c(C)c2)ccc1CI. The molecule has 0 radical (unpaired) electrons. The van der Waals surface area contributed by atoms with Gasteiger partial charge in [-0.25, -0.2) is 0 Å². The van der Waals surface area contributed by atoms with E-state index in [0.29, 0.717) is 0 Å². The van der Waals surface area contributed by atoms with Crippen LogP contribution in [0.3, 0.4) is 0 Å². The first kappa shape index (κ1) is 15.1. The minimum atomic E-state index is 1.06. The van der Waals surface area contributed by atoms with E-state index in [9.17, 15) is 0 Å². The molecule has 2 rings (SSSR count). The second-order valence-electron chi connectivity index (χ2n) is 4.67. The monoisotopic (exact) mass is 477 g/mol. The van der Waals surface area contributed by atoms with Gasteiger partial charge in [-0.3, -0.25) is 0 Å². The predicted molar refractivity (Wildman–Crippen MR) is 101 cm³/mol. The number of alkyl halides is 2. The molecule has 0 aliphatic heterocycles. The first-order chi connectivity index (χ1) is 9.13. The van der Waals surface area contributed by atoms with Crippen LogP contribution < -0.4 is 5.32 Å². The number of anilines is 2. The van der Waals surface area contributed by atoms with Gasteiger partial charge in [-0.05, 0) is 60.4 Å². The van der Waals surface area contributed by atoms with Gasteiger partial charge in [-0.15, -0.1) is 0 Å². The quantitative estimate of drug-likeness (QED) is 0.426. The molecule has 0 fully saturated rings. The summed E-state index contributed by atoms with van der Waals surface area (Å²) in [6, 6.07) is 13.2. The van der Waals surface area contributed by atoms with Crippen molar-refractivity contribution in [2.45, 2.75) is 22.7 Å². The zero-order valence-corrected chi connectivity index (χ0v) is 15.4. The Balaban J connectivity index is 2.21. The largest absolute Gasteiger partial charge is 0.356 e. The number of rotatable bonds is 4. The van der Waals surface area contributed by atoms with Gasteiger partial charge >= 0.3 is 0 Å². The Hall–Kier alpha value is -0.300. The van der Waals surface area contributed by atoms with Crippen LogP contribution in [0.1, 0.15) is 22.3 Å². The summed E-state index contributed by atoms with van der Waals surface area (Å²) in [5.41, 5.74) is 7.82. The molecule has 2 aromatic rings. The van der Waals surface area contributed by atoms with E-state index >= 15 is 0 Å². The summed E-state index contributed by atoms with van der Waals surface area (Å²) in [7, 11) is 0. The predicted octanol–water partition coefficient (Wildman–Crippen LogP) is 5.92. The number of halogens is 2. The Morgan fingerprint density at radius 1 is 0.789 bits per heavy atom. The van der Waals surface area contributed by atoms with Crippen LogP contribution in [0, 0.1) is 13.8 Å². The zero-order valence-electron chi connectivity index (χ0n) is 11.1. The summed E-state index contributed by atoms with van der Waals surface area (Å²) < 4.78 is 2.13. The Morgan fingerprint density at radius 3 is 1.53 bits per heavy atom. The van der Waals surface area contributed by atoms with E-state index in [4.69, 9.17) is 0 Å². The lowest BCUT2D eigenvalue weighted by molar-refractivity contribution is 1.31. The third-order valence-corrected chi connectivity index (χ3v) is 4.91. The molecule has 100 valence electrons. The maximum Gasteiger partial charge on any atom is 0.0387 e. The van der Waals surface area contributed by atoms with Gasteiger partial charge < -0.3 is 5.32 Å². The molecule has 0 heterocycles. The maximum absolute atomic E-state index is 3.48. The lowest BCUT2D eigenvalue weighted by Gasteiger charge is -2.11. The van der Waals surface area contributed by atoms with Gasteiger partial charge in [0.1, 0.15) is 0 Å². The lowest BCUT2D eigenvalue weighted by Crippen LogP contribution is -1.94. The molecular weight excluding hydrogens is 460 g/mol. The smallest absolute Gasteiger partial charge is 0.0387 e. The van der Waals surface area contributed by atoms with Crippen molar-refractivity contribution in [3.05, 3.63) is 58.7 Å². The molecule has 19 heavy (non-hydrogen) atoms. The molecule has 0 aromatic heterocycles. The molecular formula is C16H17I2N. The highest BCUT2D eigenvalue weighted by molar-refractivity contribution is 14.1. The van der Waals surface area contributed by atoms with Gasteiger partial charge in [0, 0.05) is 20.2 Å². The van der Waals surface area contributed by atoms with E-state index in [0.717, 1.165) is 20.2 Å². The minimum absolute atomic E-state index is 1.06. The van der Waals surface area contributed by atoms with Gasteiger partial charge in [0.25, 0.3) is 0 Å². The van der Waals surface area contributed by atoms with Gasteiger partial charge in [0.15, 0.2) is 0 Å².